The minimum atomic E-state index is -4.42. The molecule has 0 amide bonds. The second kappa shape index (κ2) is 7.41. The molecule has 0 atom stereocenters. The van der Waals surface area contributed by atoms with Crippen molar-refractivity contribution in [1.29, 1.82) is 0 Å². The normalized spacial score (nSPS) is 12.3. The molecule has 2 N–H and O–H groups in total. The molecule has 122 valence electrons. The van der Waals surface area contributed by atoms with Gasteiger partial charge in [-0.3, -0.25) is 0 Å². The Kier molecular flexibility index (Phi) is 5.54. The van der Waals surface area contributed by atoms with Crippen molar-refractivity contribution in [2.24, 2.45) is 10.9 Å². The van der Waals surface area contributed by atoms with Crippen LogP contribution in [0.4, 0.5) is 13.2 Å². The summed E-state index contributed by atoms with van der Waals surface area (Å²) < 4.78 is 38.0. The lowest BCUT2D eigenvalue weighted by atomic mass is 10.1. The van der Waals surface area contributed by atoms with Crippen molar-refractivity contribution in [1.82, 2.24) is 0 Å². The van der Waals surface area contributed by atoms with E-state index < -0.39 is 11.7 Å². The van der Waals surface area contributed by atoms with E-state index in [1.807, 2.05) is 30.5 Å². The summed E-state index contributed by atoms with van der Waals surface area (Å²) in [4.78, 5) is 6.24. The molecule has 0 radical (unpaired) electrons. The number of benzene rings is 2. The van der Waals surface area contributed by atoms with Gasteiger partial charge in [0.2, 0.25) is 0 Å². The van der Waals surface area contributed by atoms with Crippen molar-refractivity contribution in [2.45, 2.75) is 17.7 Å². The number of halogens is 3. The molecule has 0 aliphatic heterocycles. The van der Waals surface area contributed by atoms with Crippen molar-refractivity contribution < 1.29 is 18.0 Å². The van der Waals surface area contributed by atoms with Gasteiger partial charge in [-0.15, -0.1) is 11.8 Å². The van der Waals surface area contributed by atoms with Gasteiger partial charge < -0.3 is 10.6 Å². The zero-order valence-corrected chi connectivity index (χ0v) is 13.1. The Labute approximate surface area is 136 Å². The summed E-state index contributed by atoms with van der Waals surface area (Å²) in [5, 5.41) is 3.68. The predicted octanol–water partition coefficient (Wildman–Crippen LogP) is 4.26. The highest BCUT2D eigenvalue weighted by Gasteiger charge is 2.30. The zero-order valence-electron chi connectivity index (χ0n) is 12.3. The molecule has 3 nitrogen and oxygen atoms in total. The Hall–Kier alpha value is -2.15. The number of amidine groups is 1. The van der Waals surface area contributed by atoms with Crippen LogP contribution in [0.1, 0.15) is 16.7 Å². The highest BCUT2D eigenvalue weighted by atomic mass is 32.2. The molecule has 7 heteroatoms. The van der Waals surface area contributed by atoms with Gasteiger partial charge in [-0.1, -0.05) is 29.4 Å². The Morgan fingerprint density at radius 3 is 2.48 bits per heavy atom. The number of nitrogens with zero attached hydrogens (tertiary/aromatic N) is 1. The maximum absolute atomic E-state index is 12.7. The number of alkyl halides is 3. The van der Waals surface area contributed by atoms with Crippen molar-refractivity contribution in [3.63, 3.8) is 0 Å². The van der Waals surface area contributed by atoms with E-state index in [0.29, 0.717) is 0 Å². The molecule has 0 heterocycles. The van der Waals surface area contributed by atoms with E-state index in [9.17, 15) is 13.2 Å². The number of hydrogen-bond acceptors (Lipinski definition) is 3. The van der Waals surface area contributed by atoms with Crippen molar-refractivity contribution in [3.8, 4) is 0 Å². The summed E-state index contributed by atoms with van der Waals surface area (Å²) in [6, 6.07) is 12.3. The summed E-state index contributed by atoms with van der Waals surface area (Å²) in [5.41, 5.74) is 5.95. The molecular weight excluding hydrogens is 325 g/mol. The van der Waals surface area contributed by atoms with Crippen LogP contribution in [0.25, 0.3) is 0 Å². The summed E-state index contributed by atoms with van der Waals surface area (Å²) in [7, 11) is 0. The molecule has 0 bridgehead atoms. The van der Waals surface area contributed by atoms with E-state index in [4.69, 9.17) is 10.6 Å². The molecule has 0 saturated carbocycles. The van der Waals surface area contributed by atoms with Gasteiger partial charge >= 0.3 is 6.18 Å². The highest BCUT2D eigenvalue weighted by molar-refractivity contribution is 7.98. The van der Waals surface area contributed by atoms with Crippen LogP contribution in [0.15, 0.2) is 58.6 Å². The smallest absolute Gasteiger partial charge is 0.389 e. The first-order chi connectivity index (χ1) is 10.9. The lowest BCUT2D eigenvalue weighted by molar-refractivity contribution is -0.137. The fourth-order valence-electron chi connectivity index (χ4n) is 1.81. The molecule has 0 aliphatic carbocycles. The first kappa shape index (κ1) is 17.2. The van der Waals surface area contributed by atoms with Gasteiger partial charge in [-0.05, 0) is 36.1 Å². The predicted molar refractivity (Wildman–Crippen MR) is 85.2 cm³/mol. The van der Waals surface area contributed by atoms with Gasteiger partial charge in [-0.2, -0.15) is 13.2 Å². The lowest BCUT2D eigenvalue weighted by Crippen LogP contribution is -2.15. The Morgan fingerprint density at radius 1 is 1.17 bits per heavy atom. The fourth-order valence-corrected chi connectivity index (χ4v) is 2.21. The average Bonchev–Trinajstić information content (AvgIpc) is 2.54. The number of oxime groups is 1. The first-order valence-electron chi connectivity index (χ1n) is 6.66. The van der Waals surface area contributed by atoms with Crippen LogP contribution in [-0.4, -0.2) is 12.1 Å². The quantitative estimate of drug-likeness (QED) is 0.383. The van der Waals surface area contributed by atoms with E-state index in [1.54, 1.807) is 11.8 Å². The highest BCUT2D eigenvalue weighted by Crippen LogP contribution is 2.29. The van der Waals surface area contributed by atoms with Crippen LogP contribution in [0.2, 0.25) is 0 Å². The topological polar surface area (TPSA) is 47.6 Å². The number of nitrogens with two attached hydrogens (primary N) is 1. The average molecular weight is 340 g/mol. The third-order valence-corrected chi connectivity index (χ3v) is 3.78. The molecule has 2 rings (SSSR count). The summed E-state index contributed by atoms with van der Waals surface area (Å²) in [6.45, 7) is 0.189. The van der Waals surface area contributed by atoms with Gasteiger partial charge in [0.25, 0.3) is 0 Å². The van der Waals surface area contributed by atoms with Crippen LogP contribution in [0.5, 0.6) is 0 Å². The summed E-state index contributed by atoms with van der Waals surface area (Å²) in [5.74, 6) is -0.100. The van der Waals surface area contributed by atoms with Gasteiger partial charge in [0.05, 0.1) is 5.56 Å². The molecule has 0 aromatic heterocycles. The van der Waals surface area contributed by atoms with Gasteiger partial charge in [0.1, 0.15) is 6.61 Å². The molecule has 0 fully saturated rings. The van der Waals surface area contributed by atoms with E-state index in [1.165, 1.54) is 12.1 Å². The molecule has 0 saturated heterocycles. The van der Waals surface area contributed by atoms with Gasteiger partial charge in [-0.25, -0.2) is 0 Å². The minimum absolute atomic E-state index is 0.100. The molecule has 0 spiro atoms. The Bertz CT molecular complexity index is 684. The van der Waals surface area contributed by atoms with Crippen LogP contribution >= 0.6 is 11.8 Å². The van der Waals surface area contributed by atoms with E-state index in [-0.39, 0.29) is 18.0 Å². The SMILES string of the molecule is CSc1ccc(CO/N=C(\N)c2cccc(C(F)(F)F)c2)cc1. The third kappa shape index (κ3) is 4.92. The Balaban J connectivity index is 2.02. The second-order valence-corrected chi connectivity index (χ2v) is 5.56. The van der Waals surface area contributed by atoms with Gasteiger partial charge in [0.15, 0.2) is 5.84 Å². The van der Waals surface area contributed by atoms with Crippen LogP contribution < -0.4 is 5.73 Å². The largest absolute Gasteiger partial charge is 0.416 e. The zero-order chi connectivity index (χ0) is 16.9. The van der Waals surface area contributed by atoms with Crippen molar-refractivity contribution in [2.75, 3.05) is 6.26 Å². The van der Waals surface area contributed by atoms with E-state index in [2.05, 4.69) is 5.16 Å². The van der Waals surface area contributed by atoms with Crippen molar-refractivity contribution in [3.05, 3.63) is 65.2 Å². The van der Waals surface area contributed by atoms with Gasteiger partial charge in [0, 0.05) is 10.5 Å². The van der Waals surface area contributed by atoms with Crippen molar-refractivity contribution >= 4 is 17.6 Å². The molecule has 2 aromatic carbocycles. The van der Waals surface area contributed by atoms with Crippen LogP contribution in [0.3, 0.4) is 0 Å². The number of rotatable bonds is 5. The molecule has 0 unspecified atom stereocenters. The molecular formula is C16H15F3N2OS. The monoisotopic (exact) mass is 340 g/mol. The number of hydrogen-bond donors (Lipinski definition) is 1. The Morgan fingerprint density at radius 2 is 1.87 bits per heavy atom. The summed E-state index contributed by atoms with van der Waals surface area (Å²) >= 11 is 1.63. The maximum Gasteiger partial charge on any atom is 0.416 e. The molecule has 0 aliphatic rings. The third-order valence-electron chi connectivity index (χ3n) is 3.04. The van der Waals surface area contributed by atoms with Crippen LogP contribution in [-0.2, 0) is 17.6 Å². The standard InChI is InChI=1S/C16H15F3N2OS/c1-23-14-7-5-11(6-8-14)10-22-21-15(20)12-3-2-4-13(9-12)16(17,18)19/h2-9H,10H2,1H3,(H2,20,21). The van der Waals surface area contributed by atoms with E-state index in [0.717, 1.165) is 22.6 Å². The summed E-state index contributed by atoms with van der Waals surface area (Å²) in [6.07, 6.45) is -2.44. The maximum atomic E-state index is 12.7. The lowest BCUT2D eigenvalue weighted by Gasteiger charge is -2.08. The first-order valence-corrected chi connectivity index (χ1v) is 7.88. The fraction of sp³-hybridized carbons (Fsp3) is 0.188. The number of thioether (sulfide) groups is 1. The molecule has 23 heavy (non-hydrogen) atoms. The minimum Gasteiger partial charge on any atom is -0.389 e. The van der Waals surface area contributed by atoms with Crippen LogP contribution in [0, 0.1) is 0 Å². The van der Waals surface area contributed by atoms with E-state index >= 15 is 0 Å². The molecule has 2 aromatic rings. The second-order valence-electron chi connectivity index (χ2n) is 4.68.